The predicted octanol–water partition coefficient (Wildman–Crippen LogP) is -1.33. The summed E-state index contributed by atoms with van der Waals surface area (Å²) in [4.78, 5) is -2.04. The Morgan fingerprint density at radius 3 is 1.27 bits per heavy atom. The molecule has 0 aliphatic carbocycles. The fourth-order valence-electron chi connectivity index (χ4n) is 1.17. The number of hydrogen-bond donors (Lipinski definition) is 2. The zero-order valence-electron chi connectivity index (χ0n) is 9.96. The van der Waals surface area contributed by atoms with E-state index in [1.54, 1.807) is 0 Å². The normalized spacial score (nSPS) is 13.9. The minimum atomic E-state index is -5.67. The third kappa shape index (κ3) is 5.54. The van der Waals surface area contributed by atoms with Crippen molar-refractivity contribution in [1.82, 2.24) is 8.25 Å². The van der Waals surface area contributed by atoms with Gasteiger partial charge in [-0.2, -0.15) is 16.8 Å². The van der Waals surface area contributed by atoms with Gasteiger partial charge in [0.25, 0.3) is 20.0 Å². The van der Waals surface area contributed by atoms with E-state index in [2.05, 4.69) is 0 Å². The van der Waals surface area contributed by atoms with Crippen molar-refractivity contribution in [2.24, 2.45) is 0 Å². The molecule has 16 heteroatoms. The Bertz CT molecular complexity index is 917. The van der Waals surface area contributed by atoms with Crippen LogP contribution >= 0.6 is 0 Å². The molecule has 2 N–H and O–H groups in total. The second kappa shape index (κ2) is 5.78. The van der Waals surface area contributed by atoms with Crippen LogP contribution in [0.3, 0.4) is 0 Å². The number of nitrogens with one attached hydrogen (secondary N) is 2. The number of halogens is 2. The molecule has 1 aromatic rings. The van der Waals surface area contributed by atoms with Gasteiger partial charge in [0.1, 0.15) is 0 Å². The Morgan fingerprint density at radius 1 is 0.682 bits per heavy atom. The minimum Gasteiger partial charge on any atom is -0.206 e. The highest BCUT2D eigenvalue weighted by atomic mass is 32.3. The third-order valence-corrected chi connectivity index (χ3v) is 6.94. The smallest absolute Gasteiger partial charge is 0.206 e. The molecular weight excluding hydrogens is 394 g/mol. The molecule has 1 rings (SSSR count). The van der Waals surface area contributed by atoms with Crippen LogP contribution in [0.5, 0.6) is 0 Å². The van der Waals surface area contributed by atoms with Gasteiger partial charge in [0, 0.05) is 0 Å². The maximum absolute atomic E-state index is 12.3. The van der Waals surface area contributed by atoms with E-state index < -0.39 is 50.7 Å². The largest absolute Gasteiger partial charge is 0.385 e. The molecule has 0 radical (unpaired) electrons. The molecule has 0 aliphatic heterocycles. The van der Waals surface area contributed by atoms with Crippen LogP contribution in [-0.2, 0) is 40.9 Å². The highest BCUT2D eigenvalue weighted by molar-refractivity contribution is 8.03. The molecule has 0 fully saturated rings. The van der Waals surface area contributed by atoms with E-state index in [9.17, 15) is 41.4 Å². The van der Waals surface area contributed by atoms with Gasteiger partial charge in [0.2, 0.25) is 0 Å². The molecule has 0 aliphatic rings. The molecule has 0 amide bonds. The van der Waals surface area contributed by atoms with Gasteiger partial charge in [-0.25, -0.2) is 16.8 Å². The summed E-state index contributed by atoms with van der Waals surface area (Å²) in [6.07, 6.45) is 0. The molecule has 0 unspecified atom stereocenters. The van der Waals surface area contributed by atoms with Crippen molar-refractivity contribution in [3.8, 4) is 0 Å². The molecule has 10 nitrogen and oxygen atoms in total. The molecule has 22 heavy (non-hydrogen) atoms. The second-order valence-electron chi connectivity index (χ2n) is 3.52. The van der Waals surface area contributed by atoms with E-state index in [1.165, 1.54) is 0 Å². The predicted molar refractivity (Wildman–Crippen MR) is 67.1 cm³/mol. The lowest BCUT2D eigenvalue weighted by atomic mass is 10.4. The number of hydrogen-bond acceptors (Lipinski definition) is 8. The topological polar surface area (TPSA) is 161 Å². The van der Waals surface area contributed by atoms with Gasteiger partial charge in [-0.3, -0.25) is 0 Å². The first-order valence-corrected chi connectivity index (χ1v) is 10.4. The highest BCUT2D eigenvalue weighted by Gasteiger charge is 2.26. The quantitative estimate of drug-likeness (QED) is 0.555. The van der Waals surface area contributed by atoms with Crippen molar-refractivity contribution in [3.05, 3.63) is 24.3 Å². The summed E-state index contributed by atoms with van der Waals surface area (Å²) in [5.74, 6) is 0. The summed E-state index contributed by atoms with van der Waals surface area (Å²) in [6.45, 7) is 0. The van der Waals surface area contributed by atoms with Gasteiger partial charge >= 0.3 is 20.8 Å². The summed E-state index contributed by atoms with van der Waals surface area (Å²) in [5.41, 5.74) is 0. The standard InChI is InChI=1S/C6H6F2N2O8S4/c7-21(15,16)9-19(11,12)5-2-1-3-6(4-5)20(13,14)10-22(8,17)18/h1-4,9-10H. The Balaban J connectivity index is 3.38. The summed E-state index contributed by atoms with van der Waals surface area (Å²) >= 11 is 0. The van der Waals surface area contributed by atoms with Crippen LogP contribution in [0.4, 0.5) is 7.77 Å². The Labute approximate surface area is 124 Å². The Morgan fingerprint density at radius 2 is 1.00 bits per heavy atom. The van der Waals surface area contributed by atoms with Gasteiger partial charge in [0.15, 0.2) is 0 Å². The maximum atomic E-state index is 12.3. The van der Waals surface area contributed by atoms with Gasteiger partial charge in [0.05, 0.1) is 9.79 Å². The molecule has 0 saturated heterocycles. The molecule has 126 valence electrons. The lowest BCUT2D eigenvalue weighted by Crippen LogP contribution is -2.29. The van der Waals surface area contributed by atoms with Crippen molar-refractivity contribution >= 4 is 40.9 Å². The average Bonchev–Trinajstić information content (AvgIpc) is 2.22. The van der Waals surface area contributed by atoms with Crippen molar-refractivity contribution in [2.45, 2.75) is 9.79 Å². The van der Waals surface area contributed by atoms with Crippen LogP contribution in [0.2, 0.25) is 0 Å². The molecule has 0 spiro atoms. The summed E-state index contributed by atoms with van der Waals surface area (Å²) in [7, 11) is -21.3. The summed E-state index contributed by atoms with van der Waals surface area (Å²) < 4.78 is 113. The first-order valence-electron chi connectivity index (χ1n) is 4.69. The zero-order valence-corrected chi connectivity index (χ0v) is 13.2. The zero-order chi connectivity index (χ0) is 17.4. The summed E-state index contributed by atoms with van der Waals surface area (Å²) in [6, 6.07) is 2.45. The third-order valence-electron chi connectivity index (χ3n) is 1.84. The van der Waals surface area contributed by atoms with E-state index in [0.29, 0.717) is 26.5 Å². The molecule has 0 aromatic heterocycles. The van der Waals surface area contributed by atoms with Crippen LogP contribution in [0.25, 0.3) is 0 Å². The Kier molecular flexibility index (Phi) is 4.95. The summed E-state index contributed by atoms with van der Waals surface area (Å²) in [5, 5.41) is 0. The van der Waals surface area contributed by atoms with Crippen molar-refractivity contribution in [1.29, 1.82) is 0 Å². The van der Waals surface area contributed by atoms with Crippen LogP contribution in [0.1, 0.15) is 0 Å². The van der Waals surface area contributed by atoms with Crippen molar-refractivity contribution in [2.75, 3.05) is 0 Å². The molecular formula is C6H6F2N2O8S4. The SMILES string of the molecule is O=S(=O)(F)NS(=O)(=O)c1cccc(S(=O)(=O)NS(=O)(=O)F)c1. The average molecular weight is 400 g/mol. The van der Waals surface area contributed by atoms with E-state index >= 15 is 0 Å². The van der Waals surface area contributed by atoms with Crippen LogP contribution in [0.15, 0.2) is 34.1 Å². The molecule has 0 atom stereocenters. The number of sulfonamides is 2. The minimum absolute atomic E-state index is 0.293. The first-order chi connectivity index (χ1) is 9.62. The van der Waals surface area contributed by atoms with E-state index in [1.807, 2.05) is 0 Å². The fourth-order valence-corrected chi connectivity index (χ4v) is 5.19. The number of rotatable bonds is 6. The Hall–Kier alpha value is -1.20. The van der Waals surface area contributed by atoms with Gasteiger partial charge in [-0.05, 0) is 18.2 Å². The molecule has 0 saturated carbocycles. The van der Waals surface area contributed by atoms with E-state index in [-0.39, 0.29) is 0 Å². The lowest BCUT2D eigenvalue weighted by Gasteiger charge is -2.06. The molecule has 1 aromatic carbocycles. The monoisotopic (exact) mass is 400 g/mol. The molecule has 0 heterocycles. The highest BCUT2D eigenvalue weighted by Crippen LogP contribution is 2.17. The van der Waals surface area contributed by atoms with Crippen molar-refractivity contribution in [3.63, 3.8) is 0 Å². The van der Waals surface area contributed by atoms with Gasteiger partial charge < -0.3 is 0 Å². The fraction of sp³-hybridized carbons (Fsp3) is 0. The van der Waals surface area contributed by atoms with E-state index in [4.69, 9.17) is 0 Å². The second-order valence-corrected chi connectivity index (χ2v) is 9.57. The molecule has 0 bridgehead atoms. The van der Waals surface area contributed by atoms with Crippen LogP contribution in [-0.4, -0.2) is 33.7 Å². The van der Waals surface area contributed by atoms with Crippen molar-refractivity contribution < 1.29 is 41.4 Å². The van der Waals surface area contributed by atoms with Crippen LogP contribution in [0, 0.1) is 0 Å². The van der Waals surface area contributed by atoms with E-state index in [0.717, 1.165) is 6.07 Å². The number of benzene rings is 1. The van der Waals surface area contributed by atoms with Gasteiger partial charge in [-0.1, -0.05) is 22.1 Å². The maximum Gasteiger partial charge on any atom is 0.385 e. The first kappa shape index (κ1) is 18.8. The van der Waals surface area contributed by atoms with Gasteiger partial charge in [-0.15, -0.1) is 0 Å². The lowest BCUT2D eigenvalue weighted by molar-refractivity contribution is 0.539. The van der Waals surface area contributed by atoms with Crippen LogP contribution < -0.4 is 8.25 Å².